The Hall–Kier alpha value is -1.66. The smallest absolute Gasteiger partial charge is 0.266 e. The third-order valence-corrected chi connectivity index (χ3v) is 3.75. The number of nitrogens with zero attached hydrogens (tertiary/aromatic N) is 3. The molecule has 0 saturated carbocycles. The number of thiophene rings is 1. The number of hydrogen-bond donors (Lipinski definition) is 1. The fraction of sp³-hybridized carbons (Fsp3) is 0.385. The Morgan fingerprint density at radius 1 is 1.53 bits per heavy atom. The van der Waals surface area contributed by atoms with E-state index in [9.17, 15) is 4.79 Å². The highest BCUT2D eigenvalue weighted by Crippen LogP contribution is 2.17. The fourth-order valence-electron chi connectivity index (χ4n) is 1.65. The van der Waals surface area contributed by atoms with Gasteiger partial charge in [-0.05, 0) is 38.0 Å². The highest BCUT2D eigenvalue weighted by Gasteiger charge is 2.11. The van der Waals surface area contributed by atoms with Gasteiger partial charge in [0.05, 0.1) is 23.3 Å². The van der Waals surface area contributed by atoms with E-state index in [-0.39, 0.29) is 5.91 Å². The number of amides is 1. The average Bonchev–Trinajstić information content (AvgIpc) is 2.95. The van der Waals surface area contributed by atoms with Gasteiger partial charge in [-0.1, -0.05) is 0 Å². The van der Waals surface area contributed by atoms with Crippen LogP contribution in [0.1, 0.15) is 15.2 Å². The van der Waals surface area contributed by atoms with E-state index in [1.54, 1.807) is 6.20 Å². The average molecular weight is 278 g/mol. The van der Waals surface area contributed by atoms with Crippen LogP contribution in [0, 0.1) is 6.92 Å². The maximum atomic E-state index is 12.0. The normalized spacial score (nSPS) is 10.9. The first-order valence-corrected chi connectivity index (χ1v) is 6.97. The fourth-order valence-corrected chi connectivity index (χ4v) is 2.47. The van der Waals surface area contributed by atoms with Gasteiger partial charge in [0, 0.05) is 12.7 Å². The second-order valence-electron chi connectivity index (χ2n) is 4.68. The van der Waals surface area contributed by atoms with Crippen molar-refractivity contribution in [2.75, 3.05) is 26.0 Å². The lowest BCUT2D eigenvalue weighted by Crippen LogP contribution is -2.18. The lowest BCUT2D eigenvalue weighted by molar-refractivity contribution is 0.103. The molecule has 0 fully saturated rings. The summed E-state index contributed by atoms with van der Waals surface area (Å²) < 4.78 is 1.83. The molecule has 0 radical (unpaired) electrons. The molecule has 0 aromatic carbocycles. The lowest BCUT2D eigenvalue weighted by Gasteiger charge is -2.08. The van der Waals surface area contributed by atoms with Gasteiger partial charge >= 0.3 is 0 Å². The Labute approximate surface area is 116 Å². The maximum Gasteiger partial charge on any atom is 0.266 e. The number of anilines is 1. The van der Waals surface area contributed by atoms with Crippen LogP contribution in [-0.2, 0) is 6.54 Å². The summed E-state index contributed by atoms with van der Waals surface area (Å²) in [6.45, 7) is 3.66. The molecule has 0 aliphatic heterocycles. The molecule has 0 atom stereocenters. The summed E-state index contributed by atoms with van der Waals surface area (Å²) in [6, 6.07) is 1.94. The van der Waals surface area contributed by atoms with E-state index in [4.69, 9.17) is 0 Å². The third kappa shape index (κ3) is 3.65. The van der Waals surface area contributed by atoms with Crippen LogP contribution in [0.15, 0.2) is 23.8 Å². The molecular formula is C13H18N4OS. The van der Waals surface area contributed by atoms with Crippen molar-refractivity contribution in [2.45, 2.75) is 13.5 Å². The first kappa shape index (κ1) is 13.8. The first-order chi connectivity index (χ1) is 9.06. The van der Waals surface area contributed by atoms with Crippen molar-refractivity contribution in [1.29, 1.82) is 0 Å². The van der Waals surface area contributed by atoms with Crippen molar-refractivity contribution in [1.82, 2.24) is 14.7 Å². The van der Waals surface area contributed by atoms with Crippen molar-refractivity contribution in [2.24, 2.45) is 0 Å². The van der Waals surface area contributed by atoms with Crippen molar-refractivity contribution < 1.29 is 4.79 Å². The molecule has 2 aromatic rings. The van der Waals surface area contributed by atoms with Crippen LogP contribution in [0.3, 0.4) is 0 Å². The first-order valence-electron chi connectivity index (χ1n) is 6.09. The van der Waals surface area contributed by atoms with E-state index < -0.39 is 0 Å². The Balaban J connectivity index is 1.96. The molecule has 102 valence electrons. The largest absolute Gasteiger partial charge is 0.319 e. The van der Waals surface area contributed by atoms with Crippen LogP contribution < -0.4 is 5.32 Å². The highest BCUT2D eigenvalue weighted by atomic mass is 32.1. The minimum absolute atomic E-state index is 0.0698. The molecule has 1 amide bonds. The van der Waals surface area contributed by atoms with Gasteiger partial charge in [0.2, 0.25) is 0 Å². The molecule has 2 rings (SSSR count). The number of carbonyl (C=O) groups is 1. The van der Waals surface area contributed by atoms with Gasteiger partial charge in [-0.3, -0.25) is 9.48 Å². The minimum Gasteiger partial charge on any atom is -0.319 e. The number of likely N-dealkylation sites (N-methyl/N-ethyl adjacent to an activating group) is 1. The van der Waals surface area contributed by atoms with Gasteiger partial charge in [-0.25, -0.2) is 0 Å². The summed E-state index contributed by atoms with van der Waals surface area (Å²) in [5.41, 5.74) is 1.74. The second kappa shape index (κ2) is 5.99. The molecule has 0 spiro atoms. The Morgan fingerprint density at radius 2 is 2.32 bits per heavy atom. The summed E-state index contributed by atoms with van der Waals surface area (Å²) in [6.07, 6.45) is 3.53. The Kier molecular flexibility index (Phi) is 4.34. The van der Waals surface area contributed by atoms with Crippen LogP contribution in [-0.4, -0.2) is 41.2 Å². The predicted molar refractivity (Wildman–Crippen MR) is 77.8 cm³/mol. The number of aryl methyl sites for hydroxylation is 1. The van der Waals surface area contributed by atoms with Crippen molar-refractivity contribution in [3.63, 3.8) is 0 Å². The standard InChI is InChI=1S/C13H18N4OS/c1-10-4-7-19-12(10)13(18)15-11-8-14-17(9-11)6-5-16(2)3/h4,7-9H,5-6H2,1-3H3,(H,15,18). The van der Waals surface area contributed by atoms with Gasteiger partial charge in [-0.15, -0.1) is 11.3 Å². The molecule has 0 unspecified atom stereocenters. The van der Waals surface area contributed by atoms with E-state index in [0.717, 1.165) is 29.2 Å². The highest BCUT2D eigenvalue weighted by molar-refractivity contribution is 7.12. The number of hydrogen-bond acceptors (Lipinski definition) is 4. The molecule has 2 heterocycles. The molecule has 1 N–H and O–H groups in total. The van der Waals surface area contributed by atoms with Gasteiger partial charge in [0.25, 0.3) is 5.91 Å². The number of nitrogens with one attached hydrogen (secondary N) is 1. The summed E-state index contributed by atoms with van der Waals surface area (Å²) in [4.78, 5) is 14.9. The van der Waals surface area contributed by atoms with E-state index in [2.05, 4.69) is 15.3 Å². The van der Waals surface area contributed by atoms with Crippen molar-refractivity contribution in [3.8, 4) is 0 Å². The van der Waals surface area contributed by atoms with Crippen molar-refractivity contribution in [3.05, 3.63) is 34.3 Å². The molecule has 2 aromatic heterocycles. The summed E-state index contributed by atoms with van der Waals surface area (Å²) in [7, 11) is 4.04. The van der Waals surface area contributed by atoms with Gasteiger partial charge in [0.15, 0.2) is 0 Å². The van der Waals surface area contributed by atoms with Gasteiger partial charge in [0.1, 0.15) is 0 Å². The zero-order chi connectivity index (χ0) is 13.8. The van der Waals surface area contributed by atoms with E-state index in [1.807, 2.05) is 43.3 Å². The summed E-state index contributed by atoms with van der Waals surface area (Å²) in [5.74, 6) is -0.0698. The third-order valence-electron chi connectivity index (χ3n) is 2.74. The van der Waals surface area contributed by atoms with Gasteiger partial charge in [-0.2, -0.15) is 5.10 Å². The number of carbonyl (C=O) groups excluding carboxylic acids is 1. The molecular weight excluding hydrogens is 260 g/mol. The zero-order valence-electron chi connectivity index (χ0n) is 11.4. The molecule has 5 nitrogen and oxygen atoms in total. The molecule has 0 saturated heterocycles. The topological polar surface area (TPSA) is 50.2 Å². The lowest BCUT2D eigenvalue weighted by atomic mass is 10.3. The van der Waals surface area contributed by atoms with Crippen LogP contribution in [0.2, 0.25) is 0 Å². The van der Waals surface area contributed by atoms with Crippen molar-refractivity contribution >= 4 is 22.9 Å². The van der Waals surface area contributed by atoms with Crippen LogP contribution >= 0.6 is 11.3 Å². The number of aromatic nitrogens is 2. The Morgan fingerprint density at radius 3 is 2.95 bits per heavy atom. The van der Waals surface area contributed by atoms with Crippen LogP contribution in [0.5, 0.6) is 0 Å². The Bertz CT molecular complexity index is 558. The quantitative estimate of drug-likeness (QED) is 0.911. The molecule has 0 aliphatic rings. The minimum atomic E-state index is -0.0698. The maximum absolute atomic E-state index is 12.0. The van der Waals surface area contributed by atoms with Gasteiger partial charge < -0.3 is 10.2 Å². The van der Waals surface area contributed by atoms with E-state index in [0.29, 0.717) is 0 Å². The number of rotatable bonds is 5. The summed E-state index contributed by atoms with van der Waals surface area (Å²) in [5, 5.41) is 9.01. The SMILES string of the molecule is Cc1ccsc1C(=O)Nc1cnn(CCN(C)C)c1. The second-order valence-corrected chi connectivity index (χ2v) is 5.60. The predicted octanol–water partition coefficient (Wildman–Crippen LogP) is 2.07. The molecule has 0 bridgehead atoms. The van der Waals surface area contributed by atoms with E-state index >= 15 is 0 Å². The zero-order valence-corrected chi connectivity index (χ0v) is 12.2. The van der Waals surface area contributed by atoms with E-state index in [1.165, 1.54) is 11.3 Å². The molecule has 19 heavy (non-hydrogen) atoms. The summed E-state index contributed by atoms with van der Waals surface area (Å²) >= 11 is 1.45. The monoisotopic (exact) mass is 278 g/mol. The molecule has 0 aliphatic carbocycles. The molecule has 6 heteroatoms. The van der Waals surface area contributed by atoms with Crippen LogP contribution in [0.25, 0.3) is 0 Å². The van der Waals surface area contributed by atoms with Crippen LogP contribution in [0.4, 0.5) is 5.69 Å².